The molecule has 0 unspecified atom stereocenters. The number of rotatable bonds is 4. The van der Waals surface area contributed by atoms with Crippen LogP contribution in [-0.4, -0.2) is 59.7 Å². The first kappa shape index (κ1) is 24.4. The van der Waals surface area contributed by atoms with Crippen molar-refractivity contribution in [3.8, 4) is 5.00 Å². The third-order valence-corrected chi connectivity index (χ3v) is 7.64. The van der Waals surface area contributed by atoms with Gasteiger partial charge >= 0.3 is 5.97 Å². The maximum absolute atomic E-state index is 12.2. The normalized spacial score (nSPS) is 17.2. The van der Waals surface area contributed by atoms with Gasteiger partial charge in [-0.2, -0.15) is 0 Å². The molecule has 0 aliphatic carbocycles. The molecule has 1 N–H and O–H groups in total. The Hall–Kier alpha value is -2.75. The predicted octanol–water partition coefficient (Wildman–Crippen LogP) is 3.54. The molecule has 0 bridgehead atoms. The van der Waals surface area contributed by atoms with E-state index in [0.717, 1.165) is 53.8 Å². The van der Waals surface area contributed by atoms with Crippen LogP contribution in [0.4, 0.5) is 5.69 Å². The Morgan fingerprint density at radius 1 is 1.15 bits per heavy atom. The van der Waals surface area contributed by atoms with Gasteiger partial charge in [-0.25, -0.2) is 0 Å². The fourth-order valence-corrected chi connectivity index (χ4v) is 5.73. The number of thiophene rings is 1. The van der Waals surface area contributed by atoms with E-state index in [4.69, 9.17) is 9.73 Å². The number of anilines is 1. The first-order valence-electron chi connectivity index (χ1n) is 11.2. The molecule has 1 atom stereocenters. The lowest BCUT2D eigenvalue weighted by atomic mass is 9.99. The van der Waals surface area contributed by atoms with E-state index in [2.05, 4.69) is 63.1 Å². The number of fused-ring (bicyclic) bond motifs is 3. The number of hydrogen-bond acceptors (Lipinski definition) is 8. The number of piperazine rings is 1. The second kappa shape index (κ2) is 9.85. The molecule has 0 saturated carbocycles. The minimum Gasteiger partial charge on any atom is -0.469 e. The van der Waals surface area contributed by atoms with Gasteiger partial charge in [-0.05, 0) is 38.5 Å². The first-order valence-corrected chi connectivity index (χ1v) is 12.0. The zero-order chi connectivity index (χ0) is 23.1. The van der Waals surface area contributed by atoms with Gasteiger partial charge in [0.05, 0.1) is 19.2 Å². The number of carbonyl (C=O) groups is 1. The molecule has 5 rings (SSSR count). The molecular formula is C24H29ClN6O2S. The summed E-state index contributed by atoms with van der Waals surface area (Å²) in [5.74, 6) is 1.14. The van der Waals surface area contributed by atoms with Gasteiger partial charge in [0.15, 0.2) is 5.82 Å². The molecule has 180 valence electrons. The van der Waals surface area contributed by atoms with Crippen molar-refractivity contribution < 1.29 is 9.53 Å². The largest absolute Gasteiger partial charge is 0.469 e. The average molecular weight is 501 g/mol. The molecule has 0 radical (unpaired) electrons. The van der Waals surface area contributed by atoms with Crippen LogP contribution >= 0.6 is 23.7 Å². The van der Waals surface area contributed by atoms with Gasteiger partial charge in [0.2, 0.25) is 0 Å². The summed E-state index contributed by atoms with van der Waals surface area (Å²) in [6.07, 6.45) is 0.115. The van der Waals surface area contributed by atoms with Crippen LogP contribution in [0.2, 0.25) is 0 Å². The topological polar surface area (TPSA) is 84.6 Å². The lowest BCUT2D eigenvalue weighted by Gasteiger charge is -2.29. The summed E-state index contributed by atoms with van der Waals surface area (Å²) in [4.78, 5) is 21.0. The van der Waals surface area contributed by atoms with Gasteiger partial charge in [0, 0.05) is 47.9 Å². The fourth-order valence-electron chi connectivity index (χ4n) is 4.52. The van der Waals surface area contributed by atoms with E-state index in [1.54, 1.807) is 11.3 Å². The maximum atomic E-state index is 12.2. The number of methoxy groups -OCH3 is 1. The Kier molecular flexibility index (Phi) is 7.06. The van der Waals surface area contributed by atoms with Crippen molar-refractivity contribution in [2.75, 3.05) is 38.2 Å². The fraction of sp³-hybridized carbons (Fsp3) is 0.417. The van der Waals surface area contributed by atoms with Crippen LogP contribution in [-0.2, 0) is 9.53 Å². The molecule has 2 aromatic heterocycles. The molecular weight excluding hydrogens is 472 g/mol. The second-order valence-corrected chi connectivity index (χ2v) is 9.67. The number of aliphatic imine (C=N–C) groups is 1. The lowest BCUT2D eigenvalue weighted by Crippen LogP contribution is -2.43. The van der Waals surface area contributed by atoms with Crippen molar-refractivity contribution in [3.63, 3.8) is 0 Å². The molecule has 0 amide bonds. The van der Waals surface area contributed by atoms with Crippen LogP contribution in [0.25, 0.3) is 5.00 Å². The molecule has 1 fully saturated rings. The SMILES string of the molecule is COC(=O)C[C@@H]1N=C(c2ccc(N3CCNCC3)cc2)c2c(sc(C)c2C)-n2c(C)nnc21.Cl. The number of nitrogens with one attached hydrogen (secondary N) is 1. The van der Waals surface area contributed by atoms with Crippen LogP contribution in [0, 0.1) is 20.8 Å². The number of carbonyl (C=O) groups excluding carboxylic acids is 1. The summed E-state index contributed by atoms with van der Waals surface area (Å²) in [5, 5.41) is 13.2. The van der Waals surface area contributed by atoms with Crippen LogP contribution in [0.5, 0.6) is 0 Å². The molecule has 4 heterocycles. The highest BCUT2D eigenvalue weighted by atomic mass is 35.5. The van der Waals surface area contributed by atoms with E-state index in [0.29, 0.717) is 5.82 Å². The highest BCUT2D eigenvalue weighted by Crippen LogP contribution is 2.39. The van der Waals surface area contributed by atoms with Gasteiger partial charge in [0.1, 0.15) is 16.9 Å². The average Bonchev–Trinajstić information content (AvgIpc) is 3.31. The van der Waals surface area contributed by atoms with Gasteiger partial charge in [0.25, 0.3) is 0 Å². The summed E-state index contributed by atoms with van der Waals surface area (Å²) in [7, 11) is 1.40. The number of benzene rings is 1. The minimum absolute atomic E-state index is 0. The monoisotopic (exact) mass is 500 g/mol. The van der Waals surface area contributed by atoms with Crippen LogP contribution in [0.15, 0.2) is 29.3 Å². The van der Waals surface area contributed by atoms with Gasteiger partial charge < -0.3 is 15.0 Å². The minimum atomic E-state index is -0.471. The standard InChI is InChI=1S/C24H28N6O2S.ClH/c1-14-15(2)33-24-21(14)22(17-5-7-18(8-6-17)29-11-9-25-10-12-29)26-19(13-20(31)32-4)23-28-27-16(3)30(23)24;/h5-8,19,25H,9-13H2,1-4H3;1H/t19-;/m0./s1. The second-order valence-electron chi connectivity index (χ2n) is 8.46. The van der Waals surface area contributed by atoms with E-state index < -0.39 is 6.04 Å². The number of nitrogens with zero attached hydrogens (tertiary/aromatic N) is 5. The van der Waals surface area contributed by atoms with E-state index >= 15 is 0 Å². The quantitative estimate of drug-likeness (QED) is 0.551. The van der Waals surface area contributed by atoms with Gasteiger partial charge in [-0.15, -0.1) is 33.9 Å². The number of aryl methyl sites for hydroxylation is 2. The van der Waals surface area contributed by atoms with Crippen molar-refractivity contribution in [3.05, 3.63) is 57.5 Å². The molecule has 34 heavy (non-hydrogen) atoms. The number of esters is 1. The van der Waals surface area contributed by atoms with Crippen molar-refractivity contribution in [1.82, 2.24) is 20.1 Å². The molecule has 2 aliphatic rings. The Morgan fingerprint density at radius 2 is 1.85 bits per heavy atom. The highest BCUT2D eigenvalue weighted by molar-refractivity contribution is 7.15. The molecule has 10 heteroatoms. The first-order chi connectivity index (χ1) is 16.0. The van der Waals surface area contributed by atoms with Crippen molar-refractivity contribution in [1.29, 1.82) is 0 Å². The molecule has 1 saturated heterocycles. The summed E-state index contributed by atoms with van der Waals surface area (Å²) >= 11 is 1.71. The number of aromatic nitrogens is 3. The Labute approximate surface area is 209 Å². The molecule has 8 nitrogen and oxygen atoms in total. The number of ether oxygens (including phenoxy) is 1. The van der Waals surface area contributed by atoms with E-state index in [1.807, 2.05) is 6.92 Å². The van der Waals surface area contributed by atoms with E-state index in [9.17, 15) is 4.79 Å². The molecule has 2 aliphatic heterocycles. The Morgan fingerprint density at radius 3 is 2.53 bits per heavy atom. The third kappa shape index (κ3) is 4.23. The van der Waals surface area contributed by atoms with Crippen LogP contribution in [0.3, 0.4) is 0 Å². The highest BCUT2D eigenvalue weighted by Gasteiger charge is 2.32. The van der Waals surface area contributed by atoms with Crippen LogP contribution in [0.1, 0.15) is 45.7 Å². The zero-order valence-corrected chi connectivity index (χ0v) is 21.4. The third-order valence-electron chi connectivity index (χ3n) is 6.45. The summed E-state index contributed by atoms with van der Waals surface area (Å²) in [5.41, 5.74) is 5.41. The summed E-state index contributed by atoms with van der Waals surface area (Å²) < 4.78 is 7.02. The lowest BCUT2D eigenvalue weighted by molar-refractivity contribution is -0.141. The van der Waals surface area contributed by atoms with Crippen molar-refractivity contribution >= 4 is 41.1 Å². The van der Waals surface area contributed by atoms with Gasteiger partial charge in [-0.1, -0.05) is 12.1 Å². The predicted molar refractivity (Wildman–Crippen MR) is 137 cm³/mol. The van der Waals surface area contributed by atoms with Crippen molar-refractivity contribution in [2.45, 2.75) is 33.2 Å². The smallest absolute Gasteiger partial charge is 0.308 e. The van der Waals surface area contributed by atoms with E-state index in [-0.39, 0.29) is 24.8 Å². The van der Waals surface area contributed by atoms with Gasteiger partial charge in [-0.3, -0.25) is 14.4 Å². The maximum Gasteiger partial charge on any atom is 0.308 e. The van der Waals surface area contributed by atoms with Crippen molar-refractivity contribution in [2.24, 2.45) is 4.99 Å². The molecule has 3 aromatic rings. The Bertz CT molecular complexity index is 1230. The Balaban J connectivity index is 0.00000274. The number of hydrogen-bond donors (Lipinski definition) is 1. The summed E-state index contributed by atoms with van der Waals surface area (Å²) in [6, 6.07) is 8.15. The van der Waals surface area contributed by atoms with E-state index in [1.165, 1.54) is 23.2 Å². The number of halogens is 1. The van der Waals surface area contributed by atoms with Crippen LogP contribution < -0.4 is 10.2 Å². The zero-order valence-electron chi connectivity index (χ0n) is 19.8. The molecule has 0 spiro atoms. The summed E-state index contributed by atoms with van der Waals surface area (Å²) in [6.45, 7) is 10.2. The molecule has 1 aromatic carbocycles.